The first-order chi connectivity index (χ1) is 13.1. The molecule has 3 aromatic carbocycles. The molecule has 132 valence electrons. The number of amides is 2. The number of nitrogens with zero attached hydrogens (tertiary/aromatic N) is 2. The van der Waals surface area contributed by atoms with Crippen molar-refractivity contribution in [1.29, 1.82) is 0 Å². The topological polar surface area (TPSA) is 90.0 Å². The van der Waals surface area contributed by atoms with Gasteiger partial charge in [0.25, 0.3) is 11.8 Å². The third kappa shape index (κ3) is 3.16. The summed E-state index contributed by atoms with van der Waals surface area (Å²) < 4.78 is 1.51. The molecule has 0 saturated carbocycles. The molecule has 0 atom stereocenters. The summed E-state index contributed by atoms with van der Waals surface area (Å²) in [5.74, 6) is -0.826. The minimum atomic E-state index is -0.606. The summed E-state index contributed by atoms with van der Waals surface area (Å²) in [5.41, 5.74) is 7.23. The lowest BCUT2D eigenvalue weighted by Crippen LogP contribution is -2.15. The molecule has 0 aliphatic heterocycles. The Kier molecular flexibility index (Phi) is 4.14. The van der Waals surface area contributed by atoms with E-state index in [1.54, 1.807) is 24.4 Å². The lowest BCUT2D eigenvalue weighted by Gasteiger charge is -2.12. The quantitative estimate of drug-likeness (QED) is 0.587. The lowest BCUT2D eigenvalue weighted by atomic mass is 10.0. The molecule has 2 amide bonds. The fraction of sp³-hybridized carbons (Fsp3) is 0. The van der Waals surface area contributed by atoms with E-state index in [9.17, 15) is 9.59 Å². The van der Waals surface area contributed by atoms with Crippen LogP contribution in [0.15, 0.2) is 79.0 Å². The predicted molar refractivity (Wildman–Crippen MR) is 104 cm³/mol. The van der Waals surface area contributed by atoms with Crippen LogP contribution in [0.5, 0.6) is 0 Å². The van der Waals surface area contributed by atoms with Crippen molar-refractivity contribution in [2.24, 2.45) is 5.73 Å². The molecule has 0 fully saturated rings. The van der Waals surface area contributed by atoms with Gasteiger partial charge in [-0.25, -0.2) is 4.68 Å². The molecule has 6 heteroatoms. The second-order valence-corrected chi connectivity index (χ2v) is 6.01. The van der Waals surface area contributed by atoms with E-state index in [1.807, 2.05) is 48.5 Å². The monoisotopic (exact) mass is 356 g/mol. The van der Waals surface area contributed by atoms with Crippen molar-refractivity contribution in [2.75, 3.05) is 5.32 Å². The molecule has 0 radical (unpaired) electrons. The SMILES string of the molecule is NC(=O)c1ccn(-c2ccccc2NC(=O)c2cccc3ccccc23)n1. The van der Waals surface area contributed by atoms with Crippen molar-refractivity contribution in [1.82, 2.24) is 9.78 Å². The molecule has 0 spiro atoms. The van der Waals surface area contributed by atoms with Crippen molar-refractivity contribution in [2.45, 2.75) is 0 Å². The Morgan fingerprint density at radius 1 is 0.889 bits per heavy atom. The van der Waals surface area contributed by atoms with Crippen molar-refractivity contribution >= 4 is 28.3 Å². The Morgan fingerprint density at radius 2 is 1.63 bits per heavy atom. The summed E-state index contributed by atoms with van der Waals surface area (Å²) in [6.07, 6.45) is 1.63. The standard InChI is InChI=1S/C21H16N4O2/c22-20(26)18-12-13-25(24-18)19-11-4-3-10-17(19)23-21(27)16-9-5-7-14-6-1-2-8-15(14)16/h1-13H,(H2,22,26)(H,23,27). The molecule has 6 nitrogen and oxygen atoms in total. The highest BCUT2D eigenvalue weighted by Crippen LogP contribution is 2.23. The summed E-state index contributed by atoms with van der Waals surface area (Å²) in [6, 6.07) is 22.1. The van der Waals surface area contributed by atoms with E-state index in [4.69, 9.17) is 5.73 Å². The van der Waals surface area contributed by atoms with Gasteiger partial charge in [-0.2, -0.15) is 5.10 Å². The Morgan fingerprint density at radius 3 is 2.44 bits per heavy atom. The third-order valence-electron chi connectivity index (χ3n) is 4.27. The number of hydrogen-bond donors (Lipinski definition) is 2. The average molecular weight is 356 g/mol. The van der Waals surface area contributed by atoms with Gasteiger partial charge in [0.1, 0.15) is 5.69 Å². The Bertz CT molecular complexity index is 1160. The van der Waals surface area contributed by atoms with E-state index >= 15 is 0 Å². The number of benzene rings is 3. The van der Waals surface area contributed by atoms with Gasteiger partial charge in [0.15, 0.2) is 0 Å². The highest BCUT2D eigenvalue weighted by atomic mass is 16.2. The van der Waals surface area contributed by atoms with E-state index in [2.05, 4.69) is 10.4 Å². The molecule has 0 saturated heterocycles. The van der Waals surface area contributed by atoms with Crippen molar-refractivity contribution in [3.05, 3.63) is 90.3 Å². The van der Waals surface area contributed by atoms with Crippen LogP contribution in [0.25, 0.3) is 16.5 Å². The van der Waals surface area contributed by atoms with E-state index in [0.29, 0.717) is 16.9 Å². The second-order valence-electron chi connectivity index (χ2n) is 6.01. The maximum Gasteiger partial charge on any atom is 0.269 e. The second kappa shape index (κ2) is 6.76. The molecule has 1 heterocycles. The van der Waals surface area contributed by atoms with E-state index in [-0.39, 0.29) is 11.6 Å². The van der Waals surface area contributed by atoms with Crippen LogP contribution in [-0.4, -0.2) is 21.6 Å². The van der Waals surface area contributed by atoms with Crippen LogP contribution >= 0.6 is 0 Å². The number of aromatic nitrogens is 2. The van der Waals surface area contributed by atoms with Gasteiger partial charge in [-0.1, -0.05) is 48.5 Å². The van der Waals surface area contributed by atoms with Gasteiger partial charge in [-0.15, -0.1) is 0 Å². The summed E-state index contributed by atoms with van der Waals surface area (Å²) in [5, 5.41) is 8.98. The smallest absolute Gasteiger partial charge is 0.269 e. The van der Waals surface area contributed by atoms with Crippen molar-refractivity contribution < 1.29 is 9.59 Å². The van der Waals surface area contributed by atoms with Crippen LogP contribution < -0.4 is 11.1 Å². The van der Waals surface area contributed by atoms with Crippen molar-refractivity contribution in [3.8, 4) is 5.69 Å². The van der Waals surface area contributed by atoms with Crippen LogP contribution in [0.2, 0.25) is 0 Å². The number of primary amides is 1. The van der Waals surface area contributed by atoms with Crippen LogP contribution in [0.1, 0.15) is 20.8 Å². The molecule has 0 aliphatic carbocycles. The van der Waals surface area contributed by atoms with Crippen LogP contribution in [-0.2, 0) is 0 Å². The first-order valence-corrected chi connectivity index (χ1v) is 8.37. The molecule has 1 aromatic heterocycles. The molecular formula is C21H16N4O2. The Balaban J connectivity index is 1.70. The van der Waals surface area contributed by atoms with E-state index in [1.165, 1.54) is 10.7 Å². The molecule has 4 rings (SSSR count). The molecule has 27 heavy (non-hydrogen) atoms. The largest absolute Gasteiger partial charge is 0.364 e. The zero-order valence-corrected chi connectivity index (χ0v) is 14.3. The molecule has 0 unspecified atom stereocenters. The number of rotatable bonds is 4. The molecule has 3 N–H and O–H groups in total. The average Bonchev–Trinajstić information content (AvgIpc) is 3.18. The predicted octanol–water partition coefficient (Wildman–Crippen LogP) is 3.38. The fourth-order valence-corrected chi connectivity index (χ4v) is 2.98. The van der Waals surface area contributed by atoms with Gasteiger partial charge in [0.05, 0.1) is 11.4 Å². The Hall–Kier alpha value is -3.93. The Labute approximate surface area is 155 Å². The maximum absolute atomic E-state index is 12.9. The maximum atomic E-state index is 12.9. The number of carbonyl (C=O) groups excluding carboxylic acids is 2. The summed E-state index contributed by atoms with van der Waals surface area (Å²) in [6.45, 7) is 0. The normalized spacial score (nSPS) is 10.7. The highest BCUT2D eigenvalue weighted by Gasteiger charge is 2.14. The number of anilines is 1. The van der Waals surface area contributed by atoms with E-state index in [0.717, 1.165) is 10.8 Å². The molecule has 4 aromatic rings. The number of nitrogens with one attached hydrogen (secondary N) is 1. The number of fused-ring (bicyclic) bond motifs is 1. The first-order valence-electron chi connectivity index (χ1n) is 8.37. The molecule has 0 aliphatic rings. The van der Waals surface area contributed by atoms with Gasteiger partial charge in [0.2, 0.25) is 0 Å². The van der Waals surface area contributed by atoms with Gasteiger partial charge in [0, 0.05) is 11.8 Å². The van der Waals surface area contributed by atoms with E-state index < -0.39 is 5.91 Å². The van der Waals surface area contributed by atoms with Crippen molar-refractivity contribution in [3.63, 3.8) is 0 Å². The zero-order chi connectivity index (χ0) is 18.8. The van der Waals surface area contributed by atoms with Gasteiger partial charge >= 0.3 is 0 Å². The lowest BCUT2D eigenvalue weighted by molar-refractivity contribution is 0.0992. The molecule has 0 bridgehead atoms. The van der Waals surface area contributed by atoms with Gasteiger partial charge in [-0.05, 0) is 35.0 Å². The minimum Gasteiger partial charge on any atom is -0.364 e. The zero-order valence-electron chi connectivity index (χ0n) is 14.3. The number of carbonyl (C=O) groups is 2. The third-order valence-corrected chi connectivity index (χ3v) is 4.27. The number of hydrogen-bond acceptors (Lipinski definition) is 3. The van der Waals surface area contributed by atoms with Crippen LogP contribution in [0, 0.1) is 0 Å². The summed E-state index contributed by atoms with van der Waals surface area (Å²) in [4.78, 5) is 24.2. The number of para-hydroxylation sites is 2. The first kappa shape index (κ1) is 16.5. The highest BCUT2D eigenvalue weighted by molar-refractivity contribution is 6.13. The summed E-state index contributed by atoms with van der Waals surface area (Å²) in [7, 11) is 0. The summed E-state index contributed by atoms with van der Waals surface area (Å²) >= 11 is 0. The van der Waals surface area contributed by atoms with Gasteiger partial charge in [-0.3, -0.25) is 9.59 Å². The van der Waals surface area contributed by atoms with Crippen LogP contribution in [0.4, 0.5) is 5.69 Å². The van der Waals surface area contributed by atoms with Crippen LogP contribution in [0.3, 0.4) is 0 Å². The fourth-order valence-electron chi connectivity index (χ4n) is 2.98. The minimum absolute atomic E-state index is 0.158. The molecular weight excluding hydrogens is 340 g/mol. The number of nitrogens with two attached hydrogens (primary N) is 1. The van der Waals surface area contributed by atoms with Gasteiger partial charge < -0.3 is 11.1 Å².